The van der Waals surface area contributed by atoms with Gasteiger partial charge in [-0.15, -0.1) is 0 Å². The van der Waals surface area contributed by atoms with Gasteiger partial charge in [-0.05, 0) is 18.9 Å². The van der Waals surface area contributed by atoms with Gasteiger partial charge < -0.3 is 11.1 Å². The quantitative estimate of drug-likeness (QED) is 0.476. The number of nitro groups is 1. The summed E-state index contributed by atoms with van der Waals surface area (Å²) in [6.07, 6.45) is 2.31. The zero-order valence-electron chi connectivity index (χ0n) is 11.5. The molecule has 0 aliphatic heterocycles. The second-order valence-electron chi connectivity index (χ2n) is 4.48. The number of rotatable bonds is 6. The van der Waals surface area contributed by atoms with Crippen LogP contribution in [0.2, 0.25) is 0 Å². The van der Waals surface area contributed by atoms with Crippen molar-refractivity contribution in [3.8, 4) is 0 Å². The molecule has 0 aromatic heterocycles. The van der Waals surface area contributed by atoms with Gasteiger partial charge in [0.2, 0.25) is 0 Å². The number of nitro benzene ring substituents is 1. The van der Waals surface area contributed by atoms with Gasteiger partial charge >= 0.3 is 0 Å². The third-order valence-electron chi connectivity index (χ3n) is 3.06. The van der Waals surface area contributed by atoms with Crippen LogP contribution < -0.4 is 11.1 Å². The van der Waals surface area contributed by atoms with Crippen molar-refractivity contribution in [1.29, 1.82) is 0 Å². The van der Waals surface area contributed by atoms with Crippen LogP contribution in [0.1, 0.15) is 43.5 Å². The third kappa shape index (κ3) is 3.43. The summed E-state index contributed by atoms with van der Waals surface area (Å²) in [7, 11) is 0. The molecular formula is C13H18FN3O3. The third-order valence-corrected chi connectivity index (χ3v) is 3.06. The average Bonchev–Trinajstić information content (AvgIpc) is 2.37. The second kappa shape index (κ2) is 6.83. The van der Waals surface area contributed by atoms with E-state index in [2.05, 4.69) is 5.32 Å². The molecule has 0 fully saturated rings. The van der Waals surface area contributed by atoms with Crippen LogP contribution >= 0.6 is 0 Å². The summed E-state index contributed by atoms with van der Waals surface area (Å²) in [6.45, 7) is 3.87. The van der Waals surface area contributed by atoms with E-state index in [1.165, 1.54) is 0 Å². The van der Waals surface area contributed by atoms with Crippen molar-refractivity contribution in [2.24, 2.45) is 0 Å². The lowest BCUT2D eigenvalue weighted by molar-refractivity contribution is -0.384. The highest BCUT2D eigenvalue weighted by atomic mass is 19.1. The minimum atomic E-state index is -0.864. The van der Waals surface area contributed by atoms with E-state index in [0.717, 1.165) is 25.0 Å². The number of nitrogen functional groups attached to an aromatic ring is 1. The smallest absolute Gasteiger partial charge is 0.293 e. The molecule has 1 rings (SSSR count). The molecule has 0 aliphatic carbocycles. The number of amides is 1. The fourth-order valence-corrected chi connectivity index (χ4v) is 1.96. The van der Waals surface area contributed by atoms with Crippen LogP contribution in [0.25, 0.3) is 0 Å². The van der Waals surface area contributed by atoms with Gasteiger partial charge in [0.1, 0.15) is 17.1 Å². The van der Waals surface area contributed by atoms with Gasteiger partial charge in [0, 0.05) is 12.1 Å². The van der Waals surface area contributed by atoms with Crippen LogP contribution in [0.4, 0.5) is 15.8 Å². The van der Waals surface area contributed by atoms with E-state index < -0.39 is 33.6 Å². The number of halogens is 1. The Bertz CT molecular complexity index is 520. The molecule has 6 nitrogen and oxygen atoms in total. The molecule has 20 heavy (non-hydrogen) atoms. The number of carbonyl (C=O) groups is 1. The van der Waals surface area contributed by atoms with Crippen molar-refractivity contribution in [2.45, 2.75) is 39.2 Å². The van der Waals surface area contributed by atoms with E-state index in [9.17, 15) is 19.3 Å². The Balaban J connectivity index is 3.09. The Hall–Kier alpha value is -2.18. The predicted molar refractivity (Wildman–Crippen MR) is 73.9 cm³/mol. The molecule has 0 saturated carbocycles. The van der Waals surface area contributed by atoms with E-state index in [4.69, 9.17) is 5.73 Å². The largest absolute Gasteiger partial charge is 0.392 e. The Kier molecular flexibility index (Phi) is 5.42. The van der Waals surface area contributed by atoms with Crippen LogP contribution in [0.3, 0.4) is 0 Å². The topological polar surface area (TPSA) is 98.3 Å². The highest BCUT2D eigenvalue weighted by molar-refractivity contribution is 6.01. The van der Waals surface area contributed by atoms with E-state index in [1.807, 2.05) is 13.8 Å². The number of anilines is 1. The SMILES string of the molecule is CCCC(CC)NC(=O)c1c(F)ccc([N+](=O)[O-])c1N. The van der Waals surface area contributed by atoms with Crippen LogP contribution in [-0.4, -0.2) is 16.9 Å². The molecule has 1 aromatic carbocycles. The number of hydrogen-bond donors (Lipinski definition) is 2. The number of nitrogens with one attached hydrogen (secondary N) is 1. The van der Waals surface area contributed by atoms with E-state index >= 15 is 0 Å². The molecule has 1 aromatic rings. The monoisotopic (exact) mass is 283 g/mol. The highest BCUT2D eigenvalue weighted by Crippen LogP contribution is 2.27. The summed E-state index contributed by atoms with van der Waals surface area (Å²) < 4.78 is 13.7. The van der Waals surface area contributed by atoms with E-state index in [1.54, 1.807) is 0 Å². The van der Waals surface area contributed by atoms with Crippen molar-refractivity contribution in [1.82, 2.24) is 5.32 Å². The molecular weight excluding hydrogens is 265 g/mol. The van der Waals surface area contributed by atoms with Crippen LogP contribution in [0.15, 0.2) is 12.1 Å². The van der Waals surface area contributed by atoms with Crippen LogP contribution in [0, 0.1) is 15.9 Å². The molecule has 1 unspecified atom stereocenters. The standard InChI is InChI=1S/C13H18FN3O3/c1-3-5-8(4-2)16-13(18)11-9(14)6-7-10(12(11)15)17(19)20/h6-8H,3-5,15H2,1-2H3,(H,16,18). The van der Waals surface area contributed by atoms with Gasteiger partial charge in [-0.2, -0.15) is 0 Å². The second-order valence-corrected chi connectivity index (χ2v) is 4.48. The zero-order chi connectivity index (χ0) is 15.3. The van der Waals surface area contributed by atoms with Gasteiger partial charge in [-0.25, -0.2) is 4.39 Å². The molecule has 3 N–H and O–H groups in total. The first kappa shape index (κ1) is 15.9. The Morgan fingerprint density at radius 2 is 2.15 bits per heavy atom. The first-order valence-electron chi connectivity index (χ1n) is 6.45. The number of hydrogen-bond acceptors (Lipinski definition) is 4. The van der Waals surface area contributed by atoms with Gasteiger partial charge in [-0.3, -0.25) is 14.9 Å². The molecule has 1 atom stereocenters. The van der Waals surface area contributed by atoms with E-state index in [-0.39, 0.29) is 6.04 Å². The van der Waals surface area contributed by atoms with Crippen molar-refractivity contribution in [3.05, 3.63) is 33.6 Å². The normalized spacial score (nSPS) is 11.9. The van der Waals surface area contributed by atoms with Crippen LogP contribution in [0.5, 0.6) is 0 Å². The maximum Gasteiger partial charge on any atom is 0.293 e. The predicted octanol–water partition coefficient (Wildman–Crippen LogP) is 2.62. The number of carbonyl (C=O) groups excluding carboxylic acids is 1. The van der Waals surface area contributed by atoms with Crippen molar-refractivity contribution in [3.63, 3.8) is 0 Å². The molecule has 7 heteroatoms. The maximum atomic E-state index is 13.7. The Morgan fingerprint density at radius 1 is 1.50 bits per heavy atom. The Labute approximate surface area is 116 Å². The fraction of sp³-hybridized carbons (Fsp3) is 0.462. The van der Waals surface area contributed by atoms with Crippen molar-refractivity contribution in [2.75, 3.05) is 5.73 Å². The summed E-state index contributed by atoms with van der Waals surface area (Å²) in [4.78, 5) is 22.1. The lowest BCUT2D eigenvalue weighted by atomic mass is 10.1. The molecule has 0 bridgehead atoms. The maximum absolute atomic E-state index is 13.7. The zero-order valence-corrected chi connectivity index (χ0v) is 11.5. The van der Waals surface area contributed by atoms with E-state index in [0.29, 0.717) is 6.42 Å². The molecule has 110 valence electrons. The fourth-order valence-electron chi connectivity index (χ4n) is 1.96. The van der Waals surface area contributed by atoms with Crippen LogP contribution in [-0.2, 0) is 0 Å². The summed E-state index contributed by atoms with van der Waals surface area (Å²) in [5.41, 5.74) is 4.15. The van der Waals surface area contributed by atoms with Gasteiger partial charge in [0.05, 0.1) is 4.92 Å². The lowest BCUT2D eigenvalue weighted by Gasteiger charge is -2.17. The first-order chi connectivity index (χ1) is 9.42. The summed E-state index contributed by atoms with van der Waals surface area (Å²) in [5.74, 6) is -1.58. The minimum absolute atomic E-state index is 0.106. The average molecular weight is 283 g/mol. The summed E-state index contributed by atoms with van der Waals surface area (Å²) in [6, 6.07) is 1.72. The molecule has 1 amide bonds. The minimum Gasteiger partial charge on any atom is -0.392 e. The highest BCUT2D eigenvalue weighted by Gasteiger charge is 2.24. The summed E-state index contributed by atoms with van der Waals surface area (Å²) in [5, 5.41) is 13.4. The molecule has 0 aliphatic rings. The number of benzene rings is 1. The van der Waals surface area contributed by atoms with Crippen molar-refractivity contribution < 1.29 is 14.1 Å². The van der Waals surface area contributed by atoms with Crippen molar-refractivity contribution >= 4 is 17.3 Å². The molecule has 0 saturated heterocycles. The Morgan fingerprint density at radius 3 is 2.65 bits per heavy atom. The summed E-state index contributed by atoms with van der Waals surface area (Å²) >= 11 is 0. The molecule has 0 radical (unpaired) electrons. The molecule has 0 spiro atoms. The number of nitrogens with zero attached hydrogens (tertiary/aromatic N) is 1. The van der Waals surface area contributed by atoms with Gasteiger partial charge in [0.15, 0.2) is 0 Å². The van der Waals surface area contributed by atoms with Gasteiger partial charge in [0.25, 0.3) is 11.6 Å². The molecule has 0 heterocycles. The number of nitrogens with two attached hydrogens (primary N) is 1. The lowest BCUT2D eigenvalue weighted by Crippen LogP contribution is -2.35. The first-order valence-corrected chi connectivity index (χ1v) is 6.45. The van der Waals surface area contributed by atoms with Gasteiger partial charge in [-0.1, -0.05) is 20.3 Å².